The fraction of sp³-hybridized carbons (Fsp3) is 0.118. The number of H-pyrrole nitrogens is 1. The molecule has 2 aromatic heterocycles. The van der Waals surface area contributed by atoms with Gasteiger partial charge >= 0.3 is 11.1 Å². The number of aromatic nitrogens is 3. The molecule has 7 nitrogen and oxygen atoms in total. The van der Waals surface area contributed by atoms with E-state index in [1.807, 2.05) is 19.1 Å². The Hall–Kier alpha value is -2.78. The van der Waals surface area contributed by atoms with Crippen LogP contribution in [0.3, 0.4) is 0 Å². The zero-order valence-corrected chi connectivity index (χ0v) is 15.4. The molecule has 0 saturated carbocycles. The van der Waals surface area contributed by atoms with E-state index >= 15 is 0 Å². The molecule has 0 aliphatic carbocycles. The van der Waals surface area contributed by atoms with Crippen molar-refractivity contribution in [3.63, 3.8) is 0 Å². The number of rotatable bonds is 3. The molecular formula is C17H15N4O3S2+. The molecular weight excluding hydrogens is 372 g/mol. The number of aliphatic imine (C=N–C) groups is 1. The number of amides is 1. The van der Waals surface area contributed by atoms with Crippen LogP contribution < -0.4 is 10.1 Å². The molecule has 26 heavy (non-hydrogen) atoms. The van der Waals surface area contributed by atoms with Gasteiger partial charge in [-0.15, -0.1) is 6.58 Å². The first-order valence-corrected chi connectivity index (χ1v) is 8.81. The minimum absolute atomic E-state index is 0.00179. The number of carbonyl (C=O) groups excluding carboxylic acids is 1. The third-order valence-corrected chi connectivity index (χ3v) is 4.76. The molecule has 1 aliphatic rings. The van der Waals surface area contributed by atoms with Crippen LogP contribution in [0.15, 0.2) is 51.9 Å². The minimum atomic E-state index is -0.548. The Balaban J connectivity index is 2.14. The van der Waals surface area contributed by atoms with E-state index < -0.39 is 10.8 Å². The maximum Gasteiger partial charge on any atom is 0.415 e. The summed E-state index contributed by atoms with van der Waals surface area (Å²) in [5.41, 5.74) is 0.511. The highest BCUT2D eigenvalue weighted by atomic mass is 32.2. The van der Waals surface area contributed by atoms with Crippen molar-refractivity contribution < 1.29 is 14.5 Å². The lowest BCUT2D eigenvalue weighted by Crippen LogP contribution is -2.41. The molecule has 0 saturated heterocycles. The van der Waals surface area contributed by atoms with Crippen LogP contribution in [0.25, 0.3) is 6.08 Å². The van der Waals surface area contributed by atoms with Crippen molar-refractivity contribution in [2.75, 3.05) is 0 Å². The lowest BCUT2D eigenvalue weighted by molar-refractivity contribution is -0.554. The van der Waals surface area contributed by atoms with Gasteiger partial charge in [0.1, 0.15) is 10.5 Å². The Morgan fingerprint density at radius 2 is 2.12 bits per heavy atom. The van der Waals surface area contributed by atoms with Gasteiger partial charge in [0.15, 0.2) is 4.77 Å². The van der Waals surface area contributed by atoms with Gasteiger partial charge in [-0.05, 0) is 42.9 Å². The Morgan fingerprint density at radius 1 is 1.42 bits per heavy atom. The molecule has 0 radical (unpaired) electrons. The highest BCUT2D eigenvalue weighted by molar-refractivity contribution is 8.18. The number of hydrogen-bond acceptors (Lipinski definition) is 5. The first-order valence-electron chi connectivity index (χ1n) is 7.58. The number of nitrogens with zero attached hydrogens (tertiary/aromatic N) is 3. The second-order valence-electron chi connectivity index (χ2n) is 5.49. The summed E-state index contributed by atoms with van der Waals surface area (Å²) in [6.45, 7) is 5.79. The van der Waals surface area contributed by atoms with Crippen molar-refractivity contribution in [1.82, 2.24) is 9.55 Å². The number of hydrogen-bond donors (Lipinski definition) is 2. The number of pyridine rings is 1. The van der Waals surface area contributed by atoms with Gasteiger partial charge < -0.3 is 5.11 Å². The molecule has 0 atom stereocenters. The van der Waals surface area contributed by atoms with Crippen LogP contribution in [0.5, 0.6) is 5.88 Å². The Labute approximate surface area is 158 Å². The van der Waals surface area contributed by atoms with Crippen LogP contribution in [0, 0.1) is 11.7 Å². The van der Waals surface area contributed by atoms with E-state index in [1.54, 1.807) is 23.0 Å². The van der Waals surface area contributed by atoms with E-state index in [1.165, 1.54) is 10.6 Å². The number of aryl methyl sites for hydroxylation is 1. The minimum Gasteiger partial charge on any atom is -0.494 e. The number of aromatic hydroxyl groups is 1. The second-order valence-corrected chi connectivity index (χ2v) is 6.87. The zero-order chi connectivity index (χ0) is 18.8. The number of thioether (sulfide) groups is 1. The van der Waals surface area contributed by atoms with E-state index in [0.29, 0.717) is 10.7 Å². The van der Waals surface area contributed by atoms with Gasteiger partial charge in [0, 0.05) is 23.3 Å². The third-order valence-electron chi connectivity index (χ3n) is 3.65. The standard InChI is InChI=1S/C17H14N4O3S2/c1-3-6-21-15(23)11(14(22)19-16(21)25)9-12-13(18-17(24)26-12)20-7-4-10(2)5-8-20/h3-5,7-9H,1,6H2,2H3,(H-,18,19,22,23,24,25)/p+1. The Kier molecular flexibility index (Phi) is 5.01. The summed E-state index contributed by atoms with van der Waals surface area (Å²) in [7, 11) is 0. The molecule has 3 rings (SSSR count). The van der Waals surface area contributed by atoms with Gasteiger partial charge in [0.25, 0.3) is 5.56 Å². The predicted molar refractivity (Wildman–Crippen MR) is 103 cm³/mol. The maximum atomic E-state index is 12.3. The predicted octanol–water partition coefficient (Wildman–Crippen LogP) is 2.55. The van der Waals surface area contributed by atoms with E-state index in [4.69, 9.17) is 12.2 Å². The molecule has 9 heteroatoms. The lowest BCUT2D eigenvalue weighted by Gasteiger charge is -2.09. The fourth-order valence-corrected chi connectivity index (χ4v) is 3.35. The topological polar surface area (TPSA) is 91.3 Å². The van der Waals surface area contributed by atoms with Crippen molar-refractivity contribution in [3.05, 3.63) is 68.3 Å². The van der Waals surface area contributed by atoms with E-state index in [9.17, 15) is 14.7 Å². The number of aromatic amines is 1. The lowest BCUT2D eigenvalue weighted by atomic mass is 10.2. The van der Waals surface area contributed by atoms with Gasteiger partial charge in [-0.3, -0.25) is 14.3 Å². The molecule has 0 spiro atoms. The second kappa shape index (κ2) is 7.22. The van der Waals surface area contributed by atoms with Gasteiger partial charge in [-0.25, -0.2) is 9.36 Å². The SMILES string of the molecule is C=CCn1c(O)c(C=C2SC(=O)N=C2[n+]2ccc(C)cc2)c(=O)[nH]c1=S. The van der Waals surface area contributed by atoms with E-state index in [-0.39, 0.29) is 22.8 Å². The van der Waals surface area contributed by atoms with Crippen molar-refractivity contribution in [3.8, 4) is 5.88 Å². The summed E-state index contributed by atoms with van der Waals surface area (Å²) in [6.07, 6.45) is 6.53. The summed E-state index contributed by atoms with van der Waals surface area (Å²) in [4.78, 5) is 31.1. The van der Waals surface area contributed by atoms with Crippen molar-refractivity contribution >= 4 is 41.1 Å². The van der Waals surface area contributed by atoms with Crippen LogP contribution in [0.2, 0.25) is 0 Å². The van der Waals surface area contributed by atoms with Crippen molar-refractivity contribution in [2.45, 2.75) is 13.5 Å². The first kappa shape index (κ1) is 18.0. The fourth-order valence-electron chi connectivity index (χ4n) is 2.36. The van der Waals surface area contributed by atoms with Crippen LogP contribution in [-0.4, -0.2) is 25.7 Å². The largest absolute Gasteiger partial charge is 0.494 e. The molecule has 0 unspecified atom stereocenters. The van der Waals surface area contributed by atoms with E-state index in [2.05, 4.69) is 16.6 Å². The van der Waals surface area contributed by atoms with Gasteiger partial charge in [-0.1, -0.05) is 6.08 Å². The summed E-state index contributed by atoms with van der Waals surface area (Å²) in [5.74, 6) is 0.0934. The maximum absolute atomic E-state index is 12.3. The van der Waals surface area contributed by atoms with Crippen LogP contribution in [0.4, 0.5) is 4.79 Å². The Bertz CT molecular complexity index is 1080. The molecule has 132 valence electrons. The quantitative estimate of drug-likeness (QED) is 0.480. The molecule has 1 amide bonds. The highest BCUT2D eigenvalue weighted by Crippen LogP contribution is 2.29. The zero-order valence-electron chi connectivity index (χ0n) is 13.8. The number of allylic oxidation sites excluding steroid dienone is 2. The third kappa shape index (κ3) is 3.44. The molecule has 1 aliphatic heterocycles. The van der Waals surface area contributed by atoms with Crippen LogP contribution in [0.1, 0.15) is 11.1 Å². The summed E-state index contributed by atoms with van der Waals surface area (Å²) in [6, 6.07) is 3.75. The van der Waals surface area contributed by atoms with E-state index in [0.717, 1.165) is 17.3 Å². The molecule has 0 aromatic carbocycles. The van der Waals surface area contributed by atoms with Crippen molar-refractivity contribution in [1.29, 1.82) is 0 Å². The van der Waals surface area contributed by atoms with Crippen LogP contribution >= 0.6 is 24.0 Å². The van der Waals surface area contributed by atoms with Gasteiger partial charge in [0.05, 0.1) is 12.4 Å². The highest BCUT2D eigenvalue weighted by Gasteiger charge is 2.33. The molecule has 2 N–H and O–H groups in total. The van der Waals surface area contributed by atoms with Crippen LogP contribution in [-0.2, 0) is 6.54 Å². The Morgan fingerprint density at radius 3 is 2.77 bits per heavy atom. The molecule has 0 bridgehead atoms. The summed E-state index contributed by atoms with van der Waals surface area (Å²) < 4.78 is 3.11. The number of nitrogens with one attached hydrogen (secondary N) is 1. The number of carbonyl (C=O) groups is 1. The first-order chi connectivity index (χ1) is 12.4. The normalized spacial score (nSPS) is 15.3. The summed E-state index contributed by atoms with van der Waals surface area (Å²) in [5, 5.41) is 10.0. The average Bonchev–Trinajstić information content (AvgIpc) is 2.96. The van der Waals surface area contributed by atoms with Gasteiger partial charge in [-0.2, -0.15) is 0 Å². The van der Waals surface area contributed by atoms with Gasteiger partial charge in [0.2, 0.25) is 5.88 Å². The monoisotopic (exact) mass is 387 g/mol. The van der Waals surface area contributed by atoms with Crippen molar-refractivity contribution in [2.24, 2.45) is 4.99 Å². The molecule has 0 fully saturated rings. The average molecular weight is 387 g/mol. The summed E-state index contributed by atoms with van der Waals surface area (Å²) >= 11 is 5.94. The smallest absolute Gasteiger partial charge is 0.415 e. The molecule has 3 heterocycles. The molecule has 2 aromatic rings.